The number of halogens is 3. The van der Waals surface area contributed by atoms with Gasteiger partial charge in [0.15, 0.2) is 11.7 Å². The van der Waals surface area contributed by atoms with E-state index in [1.54, 1.807) is 24.3 Å². The second kappa shape index (κ2) is 6.80. The number of benzene rings is 1. The molecule has 3 aromatic rings. The molecule has 2 aromatic heterocycles. The molecular weight excluding hydrogens is 395 g/mol. The normalized spacial score (nSPS) is 14.6. The number of hydrogen-bond acceptors (Lipinski definition) is 7. The number of hydrazine groups is 2. The van der Waals surface area contributed by atoms with Crippen LogP contribution in [0.15, 0.2) is 41.1 Å². The zero-order valence-corrected chi connectivity index (χ0v) is 15.2. The third-order valence-corrected chi connectivity index (χ3v) is 4.92. The lowest BCUT2D eigenvalue weighted by molar-refractivity contribution is -0.141. The standard InChI is InChI=1S/C16H14F3N7OS/c1-25-23-13(22-24-25)10-4-2-3-9(5-10)6-12(27)21-14-15-26(8-20-14)11(7-28-15)16(17,18)19/h2-5,7-8,24H,6H2,1H3,(H,21,27)(H,22,23). The van der Waals surface area contributed by atoms with Crippen LogP contribution in [0.2, 0.25) is 0 Å². The summed E-state index contributed by atoms with van der Waals surface area (Å²) in [7, 11) is 1.76. The molecule has 28 heavy (non-hydrogen) atoms. The number of carbonyl (C=O) groups is 1. The minimum Gasteiger partial charge on any atom is -0.308 e. The molecule has 0 radical (unpaired) electrons. The van der Waals surface area contributed by atoms with Gasteiger partial charge < -0.3 is 5.32 Å². The van der Waals surface area contributed by atoms with Gasteiger partial charge in [-0.1, -0.05) is 18.2 Å². The maximum Gasteiger partial charge on any atom is 0.432 e. The van der Waals surface area contributed by atoms with Crippen molar-refractivity contribution in [1.29, 1.82) is 0 Å². The summed E-state index contributed by atoms with van der Waals surface area (Å²) in [5, 5.41) is 9.26. The Hall–Kier alpha value is -3.12. The van der Waals surface area contributed by atoms with Crippen LogP contribution in [0.4, 0.5) is 19.0 Å². The molecule has 4 rings (SSSR count). The number of alkyl halides is 3. The minimum atomic E-state index is -4.49. The van der Waals surface area contributed by atoms with Crippen LogP contribution in [-0.2, 0) is 17.4 Å². The van der Waals surface area contributed by atoms with Crippen molar-refractivity contribution in [3.05, 3.63) is 52.8 Å². The molecule has 1 amide bonds. The molecule has 8 nitrogen and oxygen atoms in total. The predicted molar refractivity (Wildman–Crippen MR) is 97.4 cm³/mol. The molecule has 0 atom stereocenters. The fourth-order valence-electron chi connectivity index (χ4n) is 2.73. The topological polar surface area (TPSA) is 86.1 Å². The van der Waals surface area contributed by atoms with Gasteiger partial charge in [-0.05, 0) is 11.6 Å². The molecule has 0 fully saturated rings. The number of hydrazone groups is 1. The van der Waals surface area contributed by atoms with Crippen molar-refractivity contribution in [1.82, 2.24) is 25.5 Å². The number of hydrogen-bond donors (Lipinski definition) is 3. The summed E-state index contributed by atoms with van der Waals surface area (Å²) < 4.78 is 39.8. The Balaban J connectivity index is 1.48. The van der Waals surface area contributed by atoms with Crippen molar-refractivity contribution < 1.29 is 18.0 Å². The van der Waals surface area contributed by atoms with Crippen molar-refractivity contribution in [2.45, 2.75) is 12.6 Å². The van der Waals surface area contributed by atoms with E-state index in [9.17, 15) is 18.0 Å². The van der Waals surface area contributed by atoms with Crippen LogP contribution in [0.3, 0.4) is 0 Å². The smallest absolute Gasteiger partial charge is 0.308 e. The van der Waals surface area contributed by atoms with Crippen molar-refractivity contribution in [3.8, 4) is 0 Å². The molecular formula is C16H14F3N7OS. The number of thiazole rings is 1. The Labute approximate surface area is 160 Å². The molecule has 0 bridgehead atoms. The summed E-state index contributed by atoms with van der Waals surface area (Å²) in [5.41, 5.74) is 6.42. The highest BCUT2D eigenvalue weighted by Crippen LogP contribution is 2.34. The molecule has 0 saturated heterocycles. The SMILES string of the molecule is CN1NN=C(c2cccc(CC(=O)Nc3ncn4c(C(F)(F)F)csc34)c2)N1. The molecule has 1 aliphatic rings. The van der Waals surface area contributed by atoms with E-state index in [-0.39, 0.29) is 23.0 Å². The lowest BCUT2D eigenvalue weighted by atomic mass is 10.1. The van der Waals surface area contributed by atoms with Gasteiger partial charge in [-0.3, -0.25) is 14.6 Å². The zero-order valence-electron chi connectivity index (χ0n) is 14.4. The van der Waals surface area contributed by atoms with E-state index in [1.807, 2.05) is 12.1 Å². The summed E-state index contributed by atoms with van der Waals surface area (Å²) in [5.74, 6) is 0.337. The van der Waals surface area contributed by atoms with Crippen LogP contribution < -0.4 is 16.3 Å². The summed E-state index contributed by atoms with van der Waals surface area (Å²) in [6.07, 6.45) is -3.39. The van der Waals surface area contributed by atoms with Crippen molar-refractivity contribution in [3.63, 3.8) is 0 Å². The molecule has 146 valence electrons. The third kappa shape index (κ3) is 3.51. The first-order valence-corrected chi connectivity index (χ1v) is 8.94. The van der Waals surface area contributed by atoms with E-state index in [0.717, 1.165) is 38.6 Å². The quantitative estimate of drug-likeness (QED) is 0.615. The Morgan fingerprint density at radius 3 is 2.89 bits per heavy atom. The molecule has 3 heterocycles. The first-order chi connectivity index (χ1) is 13.3. The van der Waals surface area contributed by atoms with Gasteiger partial charge in [-0.2, -0.15) is 13.2 Å². The van der Waals surface area contributed by atoms with E-state index in [1.165, 1.54) is 0 Å². The van der Waals surface area contributed by atoms with E-state index in [4.69, 9.17) is 0 Å². The molecule has 1 aliphatic heterocycles. The Morgan fingerprint density at radius 2 is 2.18 bits per heavy atom. The summed E-state index contributed by atoms with van der Waals surface area (Å²) >= 11 is 0.872. The molecule has 0 unspecified atom stereocenters. The number of nitrogens with one attached hydrogen (secondary N) is 3. The highest BCUT2D eigenvalue weighted by atomic mass is 32.1. The lowest BCUT2D eigenvalue weighted by Crippen LogP contribution is -2.37. The number of anilines is 1. The number of imidazole rings is 1. The molecule has 0 spiro atoms. The Bertz CT molecular complexity index is 1070. The fraction of sp³-hybridized carbons (Fsp3) is 0.188. The van der Waals surface area contributed by atoms with Gasteiger partial charge in [-0.15, -0.1) is 21.6 Å². The monoisotopic (exact) mass is 409 g/mol. The van der Waals surface area contributed by atoms with Crippen LogP contribution in [0.25, 0.3) is 4.83 Å². The number of amides is 1. The maximum atomic E-state index is 12.9. The zero-order chi connectivity index (χ0) is 19.9. The average molecular weight is 409 g/mol. The van der Waals surface area contributed by atoms with Crippen molar-refractivity contribution in [2.24, 2.45) is 5.10 Å². The largest absolute Gasteiger partial charge is 0.432 e. The summed E-state index contributed by atoms with van der Waals surface area (Å²) in [6.45, 7) is 0. The highest BCUT2D eigenvalue weighted by molar-refractivity contribution is 7.16. The molecule has 0 saturated carbocycles. The van der Waals surface area contributed by atoms with Gasteiger partial charge >= 0.3 is 6.18 Å². The van der Waals surface area contributed by atoms with Gasteiger partial charge in [0.25, 0.3) is 0 Å². The van der Waals surface area contributed by atoms with Gasteiger partial charge in [0.2, 0.25) is 5.91 Å². The number of nitrogens with zero attached hydrogens (tertiary/aromatic N) is 4. The van der Waals surface area contributed by atoms with Crippen molar-refractivity contribution >= 4 is 33.7 Å². The van der Waals surface area contributed by atoms with Gasteiger partial charge in [-0.25, -0.2) is 10.5 Å². The van der Waals surface area contributed by atoms with E-state index in [2.05, 4.69) is 26.4 Å². The molecule has 12 heteroatoms. The first-order valence-electron chi connectivity index (χ1n) is 8.06. The van der Waals surface area contributed by atoms with E-state index in [0.29, 0.717) is 5.84 Å². The minimum absolute atomic E-state index is 0.0426. The van der Waals surface area contributed by atoms with Crippen LogP contribution in [0.5, 0.6) is 0 Å². The third-order valence-electron chi connectivity index (χ3n) is 3.96. The Morgan fingerprint density at radius 1 is 1.36 bits per heavy atom. The maximum absolute atomic E-state index is 12.9. The van der Waals surface area contributed by atoms with E-state index >= 15 is 0 Å². The van der Waals surface area contributed by atoms with Crippen LogP contribution >= 0.6 is 11.3 Å². The fourth-order valence-corrected chi connectivity index (χ4v) is 3.68. The van der Waals surface area contributed by atoms with Crippen LogP contribution in [0.1, 0.15) is 16.8 Å². The predicted octanol–water partition coefficient (Wildman–Crippen LogP) is 2.21. The van der Waals surface area contributed by atoms with Crippen LogP contribution in [-0.4, -0.2) is 33.3 Å². The second-order valence-corrected chi connectivity index (χ2v) is 6.90. The highest BCUT2D eigenvalue weighted by Gasteiger charge is 2.35. The van der Waals surface area contributed by atoms with Gasteiger partial charge in [0.05, 0.1) is 6.42 Å². The molecule has 1 aromatic carbocycles. The number of amidine groups is 1. The van der Waals surface area contributed by atoms with Gasteiger partial charge in [0, 0.05) is 18.0 Å². The Kier molecular flexibility index (Phi) is 4.43. The average Bonchev–Trinajstić information content (AvgIpc) is 3.32. The summed E-state index contributed by atoms with van der Waals surface area (Å²) in [4.78, 5) is 16.5. The number of aromatic nitrogens is 2. The van der Waals surface area contributed by atoms with Gasteiger partial charge in [0.1, 0.15) is 16.9 Å². The van der Waals surface area contributed by atoms with Crippen molar-refractivity contribution in [2.75, 3.05) is 12.4 Å². The van der Waals surface area contributed by atoms with Crippen LogP contribution in [0, 0.1) is 0 Å². The first kappa shape index (κ1) is 18.3. The number of fused-ring (bicyclic) bond motifs is 1. The number of carbonyl (C=O) groups excluding carboxylic acids is 1. The molecule has 0 aliphatic carbocycles. The number of rotatable bonds is 4. The second-order valence-electron chi connectivity index (χ2n) is 6.04. The molecule has 3 N–H and O–H groups in total. The lowest BCUT2D eigenvalue weighted by Gasteiger charge is -2.09. The summed E-state index contributed by atoms with van der Waals surface area (Å²) in [6, 6.07) is 7.23. The van der Waals surface area contributed by atoms with E-state index < -0.39 is 11.9 Å².